The van der Waals surface area contributed by atoms with Crippen molar-refractivity contribution < 1.29 is 27.8 Å². The molecule has 2 aromatic carbocycles. The van der Waals surface area contributed by atoms with Crippen LogP contribution in [0.3, 0.4) is 0 Å². The van der Waals surface area contributed by atoms with Crippen molar-refractivity contribution in [3.05, 3.63) is 48.2 Å². The molecule has 3 aromatic rings. The molecule has 0 saturated heterocycles. The van der Waals surface area contributed by atoms with Crippen LogP contribution in [-0.2, 0) is 6.18 Å². The van der Waals surface area contributed by atoms with Crippen LogP contribution in [-0.4, -0.2) is 28.8 Å². The number of aromatic hydroxyl groups is 1. The van der Waals surface area contributed by atoms with Gasteiger partial charge in [0.15, 0.2) is 5.69 Å². The van der Waals surface area contributed by atoms with Crippen molar-refractivity contribution in [2.24, 2.45) is 0 Å². The number of ether oxygens (including phenoxy) is 2. The van der Waals surface area contributed by atoms with Crippen LogP contribution in [0.15, 0.2) is 42.5 Å². The summed E-state index contributed by atoms with van der Waals surface area (Å²) in [5, 5.41) is 10.4. The highest BCUT2D eigenvalue weighted by Crippen LogP contribution is 2.44. The first kappa shape index (κ1) is 20.2. The molecule has 0 fully saturated rings. The molecule has 0 atom stereocenters. The van der Waals surface area contributed by atoms with Crippen molar-refractivity contribution in [3.63, 3.8) is 0 Å². The van der Waals surface area contributed by atoms with E-state index in [-0.39, 0.29) is 28.1 Å². The van der Waals surface area contributed by atoms with Crippen LogP contribution in [0.2, 0.25) is 0 Å². The van der Waals surface area contributed by atoms with Gasteiger partial charge in [-0.2, -0.15) is 13.2 Å². The average molecular weight is 405 g/mol. The van der Waals surface area contributed by atoms with E-state index in [4.69, 9.17) is 15.2 Å². The van der Waals surface area contributed by atoms with Crippen LogP contribution in [0.4, 0.5) is 19.1 Å². The van der Waals surface area contributed by atoms with E-state index in [0.29, 0.717) is 18.1 Å². The fourth-order valence-electron chi connectivity index (χ4n) is 2.88. The fourth-order valence-corrected chi connectivity index (χ4v) is 2.88. The molecule has 0 spiro atoms. The van der Waals surface area contributed by atoms with E-state index in [1.807, 2.05) is 0 Å². The summed E-state index contributed by atoms with van der Waals surface area (Å²) < 4.78 is 51.7. The Morgan fingerprint density at radius 2 is 1.69 bits per heavy atom. The van der Waals surface area contributed by atoms with Gasteiger partial charge in [-0.05, 0) is 36.8 Å². The highest BCUT2D eigenvalue weighted by atomic mass is 19.4. The third-order valence-corrected chi connectivity index (χ3v) is 4.11. The summed E-state index contributed by atoms with van der Waals surface area (Å²) in [5.74, 6) is -0.00300. The predicted octanol–water partition coefficient (Wildman–Crippen LogP) is 4.52. The third kappa shape index (κ3) is 4.18. The van der Waals surface area contributed by atoms with Gasteiger partial charge in [-0.3, -0.25) is 0 Å². The first-order valence-corrected chi connectivity index (χ1v) is 8.60. The molecular weight excluding hydrogens is 387 g/mol. The normalized spacial score (nSPS) is 11.3. The van der Waals surface area contributed by atoms with Crippen LogP contribution in [0, 0.1) is 0 Å². The Kier molecular flexibility index (Phi) is 5.49. The molecule has 6 nitrogen and oxygen atoms in total. The molecule has 0 amide bonds. The zero-order valence-electron chi connectivity index (χ0n) is 15.6. The standard InChI is InChI=1S/C20H18F3N3O3/c1-3-29-13-8-9-14(15(27)10-13)17-16(11-4-6-12(28-2)7-5-11)18(20(21,22)23)26-19(24)25-17/h4-10,27H,3H2,1-2H3,(H2,24,25,26). The minimum absolute atomic E-state index is 0.0684. The van der Waals surface area contributed by atoms with Gasteiger partial charge < -0.3 is 20.3 Å². The van der Waals surface area contributed by atoms with Crippen molar-refractivity contribution in [1.82, 2.24) is 9.97 Å². The molecule has 152 valence electrons. The van der Waals surface area contributed by atoms with E-state index in [1.165, 1.54) is 49.6 Å². The highest BCUT2D eigenvalue weighted by molar-refractivity contribution is 5.86. The maximum absolute atomic E-state index is 13.8. The average Bonchev–Trinajstić information content (AvgIpc) is 2.67. The first-order valence-electron chi connectivity index (χ1n) is 8.60. The number of alkyl halides is 3. The Morgan fingerprint density at radius 1 is 1.03 bits per heavy atom. The van der Waals surface area contributed by atoms with E-state index in [2.05, 4.69) is 9.97 Å². The first-order chi connectivity index (χ1) is 13.7. The molecule has 0 aliphatic rings. The molecule has 1 aromatic heterocycles. The number of hydrogen-bond donors (Lipinski definition) is 2. The van der Waals surface area contributed by atoms with Gasteiger partial charge in [-0.25, -0.2) is 9.97 Å². The van der Waals surface area contributed by atoms with Crippen LogP contribution >= 0.6 is 0 Å². The molecule has 0 radical (unpaired) electrons. The molecule has 0 bridgehead atoms. The SMILES string of the molecule is CCOc1ccc(-c2nc(N)nc(C(F)(F)F)c2-c2ccc(OC)cc2)c(O)c1. The Bertz CT molecular complexity index is 1020. The molecule has 3 N–H and O–H groups in total. The van der Waals surface area contributed by atoms with Gasteiger partial charge >= 0.3 is 6.18 Å². The van der Waals surface area contributed by atoms with Crippen molar-refractivity contribution in [3.8, 4) is 39.6 Å². The second kappa shape index (κ2) is 7.86. The Balaban J connectivity index is 2.30. The maximum atomic E-state index is 13.8. The number of benzene rings is 2. The lowest BCUT2D eigenvalue weighted by Crippen LogP contribution is -2.14. The van der Waals surface area contributed by atoms with E-state index >= 15 is 0 Å². The smallest absolute Gasteiger partial charge is 0.434 e. The minimum Gasteiger partial charge on any atom is -0.507 e. The summed E-state index contributed by atoms with van der Waals surface area (Å²) in [6.07, 6.45) is -4.79. The minimum atomic E-state index is -4.79. The van der Waals surface area contributed by atoms with E-state index in [0.717, 1.165) is 0 Å². The van der Waals surface area contributed by atoms with Crippen LogP contribution in [0.25, 0.3) is 22.4 Å². The van der Waals surface area contributed by atoms with Crippen molar-refractivity contribution in [2.75, 3.05) is 19.5 Å². The molecule has 0 saturated carbocycles. The molecule has 1 heterocycles. The van der Waals surface area contributed by atoms with Gasteiger partial charge in [-0.1, -0.05) is 12.1 Å². The molecule has 9 heteroatoms. The summed E-state index contributed by atoms with van der Waals surface area (Å²) in [6.45, 7) is 2.14. The maximum Gasteiger partial charge on any atom is 0.434 e. The van der Waals surface area contributed by atoms with Crippen molar-refractivity contribution >= 4 is 5.95 Å². The quantitative estimate of drug-likeness (QED) is 0.648. The summed E-state index contributed by atoms with van der Waals surface area (Å²) in [4.78, 5) is 7.44. The number of aromatic nitrogens is 2. The number of nitrogen functional groups attached to an aromatic ring is 1. The number of methoxy groups -OCH3 is 1. The number of phenolic OH excluding ortho intramolecular Hbond substituents is 1. The van der Waals surface area contributed by atoms with Gasteiger partial charge in [0.05, 0.1) is 19.4 Å². The zero-order chi connectivity index (χ0) is 21.2. The second-order valence-corrected chi connectivity index (χ2v) is 5.99. The molecular formula is C20H18F3N3O3. The summed E-state index contributed by atoms with van der Waals surface area (Å²) in [7, 11) is 1.45. The molecule has 0 unspecified atom stereocenters. The lowest BCUT2D eigenvalue weighted by molar-refractivity contribution is -0.140. The number of rotatable bonds is 5. The number of nitrogens with zero attached hydrogens (tertiary/aromatic N) is 2. The van der Waals surface area contributed by atoms with Gasteiger partial charge in [0, 0.05) is 17.2 Å². The van der Waals surface area contributed by atoms with Crippen LogP contribution in [0.5, 0.6) is 17.2 Å². The monoisotopic (exact) mass is 405 g/mol. The van der Waals surface area contributed by atoms with Crippen molar-refractivity contribution in [1.29, 1.82) is 0 Å². The Morgan fingerprint density at radius 3 is 2.24 bits per heavy atom. The molecule has 3 rings (SSSR count). The molecule has 0 aliphatic carbocycles. The lowest BCUT2D eigenvalue weighted by Gasteiger charge is -2.18. The third-order valence-electron chi connectivity index (χ3n) is 4.11. The fraction of sp³-hybridized carbons (Fsp3) is 0.200. The van der Waals surface area contributed by atoms with E-state index in [1.54, 1.807) is 6.92 Å². The van der Waals surface area contributed by atoms with Crippen LogP contribution < -0.4 is 15.2 Å². The van der Waals surface area contributed by atoms with Crippen molar-refractivity contribution in [2.45, 2.75) is 13.1 Å². The highest BCUT2D eigenvalue weighted by Gasteiger charge is 2.38. The Labute approximate surface area is 164 Å². The van der Waals surface area contributed by atoms with Crippen LogP contribution in [0.1, 0.15) is 12.6 Å². The lowest BCUT2D eigenvalue weighted by atomic mass is 9.96. The zero-order valence-corrected chi connectivity index (χ0v) is 15.6. The van der Waals surface area contributed by atoms with Gasteiger partial charge in [0.2, 0.25) is 5.95 Å². The number of hydrogen-bond acceptors (Lipinski definition) is 6. The number of phenols is 1. The van der Waals surface area contributed by atoms with E-state index in [9.17, 15) is 18.3 Å². The summed E-state index contributed by atoms with van der Waals surface area (Å²) >= 11 is 0. The predicted molar refractivity (Wildman–Crippen MR) is 102 cm³/mol. The van der Waals surface area contributed by atoms with Gasteiger partial charge in [0.1, 0.15) is 17.2 Å². The Hall–Kier alpha value is -3.49. The number of nitrogens with two attached hydrogens (primary N) is 1. The van der Waals surface area contributed by atoms with Gasteiger partial charge in [-0.15, -0.1) is 0 Å². The summed E-state index contributed by atoms with van der Waals surface area (Å²) in [6, 6.07) is 10.2. The summed E-state index contributed by atoms with van der Waals surface area (Å²) in [5.41, 5.74) is 4.19. The number of anilines is 1. The molecule has 0 aliphatic heterocycles. The topological polar surface area (TPSA) is 90.5 Å². The largest absolute Gasteiger partial charge is 0.507 e. The van der Waals surface area contributed by atoms with Gasteiger partial charge in [0.25, 0.3) is 0 Å². The van der Waals surface area contributed by atoms with E-state index < -0.39 is 17.8 Å². The molecule has 29 heavy (non-hydrogen) atoms. The number of halogens is 3. The second-order valence-electron chi connectivity index (χ2n) is 5.99.